The molecule has 2 N–H and O–H groups in total. The van der Waals surface area contributed by atoms with E-state index in [4.69, 9.17) is 0 Å². The molecule has 1 heterocycles. The molecule has 0 aliphatic carbocycles. The molecule has 0 spiro atoms. The second kappa shape index (κ2) is 6.24. The molecular weight excluding hydrogens is 200 g/mol. The zero-order valence-corrected chi connectivity index (χ0v) is 10.9. The van der Waals surface area contributed by atoms with Crippen LogP contribution in [0, 0.1) is 5.41 Å². The van der Waals surface area contributed by atoms with E-state index < -0.39 is 0 Å². The summed E-state index contributed by atoms with van der Waals surface area (Å²) in [6, 6.07) is 0.302. The monoisotopic (exact) mass is 226 g/mol. The van der Waals surface area contributed by atoms with E-state index in [0.717, 1.165) is 45.2 Å². The number of carbonyl (C=O) groups is 1. The molecule has 0 aromatic heterocycles. The minimum absolute atomic E-state index is 0.0938. The highest BCUT2D eigenvalue weighted by Gasteiger charge is 2.38. The second-order valence-corrected chi connectivity index (χ2v) is 5.06. The van der Waals surface area contributed by atoms with E-state index in [2.05, 4.69) is 31.4 Å². The summed E-state index contributed by atoms with van der Waals surface area (Å²) in [5.74, 6) is 0.283. The van der Waals surface area contributed by atoms with Gasteiger partial charge in [-0.25, -0.2) is 0 Å². The summed E-state index contributed by atoms with van der Waals surface area (Å²) >= 11 is 0. The van der Waals surface area contributed by atoms with Crippen molar-refractivity contribution in [1.82, 2.24) is 10.6 Å². The van der Waals surface area contributed by atoms with Crippen molar-refractivity contribution in [2.45, 2.75) is 58.9 Å². The van der Waals surface area contributed by atoms with Crippen LogP contribution >= 0.6 is 0 Å². The highest BCUT2D eigenvalue weighted by Crippen LogP contribution is 2.34. The van der Waals surface area contributed by atoms with Gasteiger partial charge < -0.3 is 10.6 Å². The molecule has 0 saturated carbocycles. The fourth-order valence-corrected chi connectivity index (χ4v) is 2.45. The first-order valence-electron chi connectivity index (χ1n) is 6.66. The van der Waals surface area contributed by atoms with Gasteiger partial charge in [-0.2, -0.15) is 0 Å². The first-order chi connectivity index (χ1) is 7.64. The molecule has 16 heavy (non-hydrogen) atoms. The summed E-state index contributed by atoms with van der Waals surface area (Å²) in [6.07, 6.45) is 5.10. The minimum Gasteiger partial charge on any atom is -0.353 e. The van der Waals surface area contributed by atoms with Crippen molar-refractivity contribution < 1.29 is 4.79 Å². The molecule has 0 radical (unpaired) electrons. The van der Waals surface area contributed by atoms with Crippen LogP contribution in [0.2, 0.25) is 0 Å². The summed E-state index contributed by atoms with van der Waals surface area (Å²) in [5.41, 5.74) is -0.0938. The van der Waals surface area contributed by atoms with Gasteiger partial charge in [0.2, 0.25) is 5.91 Å². The quantitative estimate of drug-likeness (QED) is 0.753. The summed E-state index contributed by atoms with van der Waals surface area (Å²) in [7, 11) is 0. The van der Waals surface area contributed by atoms with E-state index in [1.54, 1.807) is 0 Å². The molecule has 3 nitrogen and oxygen atoms in total. The SMILES string of the molecule is CCCC1(C(=O)NC(C)CC)CCNCC1. The highest BCUT2D eigenvalue weighted by atomic mass is 16.2. The van der Waals surface area contributed by atoms with Crippen LogP contribution in [0.3, 0.4) is 0 Å². The van der Waals surface area contributed by atoms with Crippen LogP contribution in [0.5, 0.6) is 0 Å². The van der Waals surface area contributed by atoms with Crippen LogP contribution in [0.15, 0.2) is 0 Å². The maximum absolute atomic E-state index is 12.3. The minimum atomic E-state index is -0.0938. The molecule has 0 aromatic rings. The lowest BCUT2D eigenvalue weighted by Crippen LogP contribution is -2.49. The van der Waals surface area contributed by atoms with Crippen LogP contribution in [0.25, 0.3) is 0 Å². The van der Waals surface area contributed by atoms with Gasteiger partial charge in [-0.05, 0) is 45.7 Å². The van der Waals surface area contributed by atoms with Crippen molar-refractivity contribution in [3.05, 3.63) is 0 Å². The molecule has 1 unspecified atom stereocenters. The summed E-state index contributed by atoms with van der Waals surface area (Å²) in [5, 5.41) is 6.50. The van der Waals surface area contributed by atoms with E-state index in [0.29, 0.717) is 6.04 Å². The molecule has 1 atom stereocenters. The third-order valence-corrected chi connectivity index (χ3v) is 3.76. The Morgan fingerprint density at radius 1 is 1.38 bits per heavy atom. The standard InChI is InChI=1S/C13H26N2O/c1-4-6-13(7-9-14-10-8-13)12(16)15-11(3)5-2/h11,14H,4-10H2,1-3H3,(H,15,16). The van der Waals surface area contributed by atoms with Gasteiger partial charge in [-0.15, -0.1) is 0 Å². The molecular formula is C13H26N2O. The van der Waals surface area contributed by atoms with Crippen molar-refractivity contribution >= 4 is 5.91 Å². The first kappa shape index (κ1) is 13.5. The number of amides is 1. The smallest absolute Gasteiger partial charge is 0.226 e. The molecule has 0 aromatic carbocycles. The Morgan fingerprint density at radius 3 is 2.50 bits per heavy atom. The average Bonchev–Trinajstić information content (AvgIpc) is 2.30. The van der Waals surface area contributed by atoms with E-state index in [1.807, 2.05) is 0 Å². The average molecular weight is 226 g/mol. The van der Waals surface area contributed by atoms with Gasteiger partial charge in [0.25, 0.3) is 0 Å². The Kier molecular flexibility index (Phi) is 5.26. The van der Waals surface area contributed by atoms with E-state index in [-0.39, 0.29) is 11.3 Å². The summed E-state index contributed by atoms with van der Waals surface area (Å²) < 4.78 is 0. The number of hydrogen-bond acceptors (Lipinski definition) is 2. The van der Waals surface area contributed by atoms with Gasteiger partial charge in [0, 0.05) is 6.04 Å². The van der Waals surface area contributed by atoms with E-state index >= 15 is 0 Å². The largest absolute Gasteiger partial charge is 0.353 e. The molecule has 1 saturated heterocycles. The lowest BCUT2D eigenvalue weighted by molar-refractivity contribution is -0.133. The van der Waals surface area contributed by atoms with Crippen molar-refractivity contribution in [2.24, 2.45) is 5.41 Å². The third kappa shape index (κ3) is 3.21. The Morgan fingerprint density at radius 2 is 2.00 bits per heavy atom. The molecule has 0 bridgehead atoms. The maximum atomic E-state index is 12.3. The predicted octanol–water partition coefficient (Wildman–Crippen LogP) is 2.07. The van der Waals surface area contributed by atoms with Crippen LogP contribution in [0.1, 0.15) is 52.9 Å². The number of hydrogen-bond donors (Lipinski definition) is 2. The highest BCUT2D eigenvalue weighted by molar-refractivity contribution is 5.83. The molecule has 1 aliphatic rings. The van der Waals surface area contributed by atoms with Crippen molar-refractivity contribution in [3.8, 4) is 0 Å². The normalized spacial score (nSPS) is 21.4. The third-order valence-electron chi connectivity index (χ3n) is 3.76. The first-order valence-corrected chi connectivity index (χ1v) is 6.66. The second-order valence-electron chi connectivity index (χ2n) is 5.06. The zero-order chi connectivity index (χ0) is 12.0. The lowest BCUT2D eigenvalue weighted by Gasteiger charge is -2.37. The van der Waals surface area contributed by atoms with Gasteiger partial charge in [-0.3, -0.25) is 4.79 Å². The fraction of sp³-hybridized carbons (Fsp3) is 0.923. The Balaban J connectivity index is 2.64. The molecule has 94 valence electrons. The molecule has 1 amide bonds. The van der Waals surface area contributed by atoms with Crippen LogP contribution in [0.4, 0.5) is 0 Å². The van der Waals surface area contributed by atoms with Gasteiger partial charge in [0.05, 0.1) is 5.41 Å². The number of piperidine rings is 1. The number of nitrogens with one attached hydrogen (secondary N) is 2. The topological polar surface area (TPSA) is 41.1 Å². The molecule has 1 rings (SSSR count). The lowest BCUT2D eigenvalue weighted by atomic mass is 9.74. The Hall–Kier alpha value is -0.570. The van der Waals surface area contributed by atoms with Gasteiger partial charge in [0.1, 0.15) is 0 Å². The van der Waals surface area contributed by atoms with Crippen molar-refractivity contribution in [1.29, 1.82) is 0 Å². The van der Waals surface area contributed by atoms with E-state index in [1.165, 1.54) is 0 Å². The number of carbonyl (C=O) groups excluding carboxylic acids is 1. The maximum Gasteiger partial charge on any atom is 0.226 e. The van der Waals surface area contributed by atoms with Gasteiger partial charge >= 0.3 is 0 Å². The molecule has 3 heteroatoms. The fourth-order valence-electron chi connectivity index (χ4n) is 2.45. The number of rotatable bonds is 5. The Labute approximate surface area is 99.4 Å². The van der Waals surface area contributed by atoms with Crippen molar-refractivity contribution in [3.63, 3.8) is 0 Å². The van der Waals surface area contributed by atoms with Crippen LogP contribution in [-0.2, 0) is 4.79 Å². The van der Waals surface area contributed by atoms with Crippen LogP contribution < -0.4 is 10.6 Å². The van der Waals surface area contributed by atoms with Gasteiger partial charge in [0.15, 0.2) is 0 Å². The van der Waals surface area contributed by atoms with Crippen LogP contribution in [-0.4, -0.2) is 25.0 Å². The molecule has 1 aliphatic heterocycles. The zero-order valence-electron chi connectivity index (χ0n) is 10.9. The van der Waals surface area contributed by atoms with Crippen molar-refractivity contribution in [2.75, 3.05) is 13.1 Å². The predicted molar refractivity (Wildman–Crippen MR) is 67.3 cm³/mol. The summed E-state index contributed by atoms with van der Waals surface area (Å²) in [4.78, 5) is 12.3. The van der Waals surface area contributed by atoms with Gasteiger partial charge in [-0.1, -0.05) is 20.3 Å². The Bertz CT molecular complexity index is 216. The van der Waals surface area contributed by atoms with E-state index in [9.17, 15) is 4.79 Å². The summed E-state index contributed by atoms with van der Waals surface area (Å²) in [6.45, 7) is 8.32. The molecule has 1 fully saturated rings.